The van der Waals surface area contributed by atoms with Crippen molar-refractivity contribution in [2.45, 2.75) is 195 Å². The van der Waals surface area contributed by atoms with Crippen molar-refractivity contribution in [1.82, 2.24) is 21.3 Å². The van der Waals surface area contributed by atoms with E-state index in [-0.39, 0.29) is 31.1 Å². The quantitative estimate of drug-likeness (QED) is 0.0373. The number of nitrogens with zero attached hydrogens (tertiary/aromatic N) is 2. The van der Waals surface area contributed by atoms with Crippen molar-refractivity contribution in [1.29, 1.82) is 5.26 Å². The maximum atomic E-state index is 12.6. The van der Waals surface area contributed by atoms with Gasteiger partial charge in [0.15, 0.2) is 17.9 Å². The number of amidine groups is 1. The first-order valence-corrected chi connectivity index (χ1v) is 18.1. The Morgan fingerprint density at radius 3 is 1.25 bits per heavy atom. The van der Waals surface area contributed by atoms with E-state index < -0.39 is 95.0 Å². The standard InChI is InChI=1S/C18H36N4O6.C18H33N3O5.ClH.H3NO/c1-10(23)9-12(14(19)22-26)20-16(25)21-13(11(2)27-17(3,4)5)15(24)28-18(6,7)8;1-11(22)9-13(10-19)20-16(24)21-14(12(2)25-17(3,4)5)15(23)26-18(6,7)8;;1-2/h10-13,23,26H,9H2,1-8H3,(H2,19,22)(H2,20,21,25);11-14,22H,9H2,1-8H3,(H2,20,21,24);1H;2H,1H2/t10?,11?,12-,13-;11?,12?,13-,14-;;/m00../s1. The minimum Gasteiger partial charge on any atom is -0.458 e. The summed E-state index contributed by atoms with van der Waals surface area (Å²) in [5, 5.41) is 56.1. The summed E-state index contributed by atoms with van der Waals surface area (Å²) in [6.45, 7) is 27.7. The van der Waals surface area contributed by atoms with Gasteiger partial charge < -0.3 is 66.6 Å². The van der Waals surface area contributed by atoms with E-state index in [1.165, 1.54) is 13.8 Å². The van der Waals surface area contributed by atoms with E-state index in [4.69, 9.17) is 40.4 Å². The highest BCUT2D eigenvalue weighted by molar-refractivity contribution is 5.91. The van der Waals surface area contributed by atoms with Crippen LogP contribution in [-0.4, -0.2) is 121 Å². The predicted octanol–water partition coefficient (Wildman–Crippen LogP) is 2.70. The highest BCUT2D eigenvalue weighted by Gasteiger charge is 2.36. The molecule has 0 saturated heterocycles. The molecular weight excluding hydrogens is 772 g/mol. The van der Waals surface area contributed by atoms with Crippen LogP contribution in [0.2, 0.25) is 0 Å². The third-order valence-electron chi connectivity index (χ3n) is 6.30. The molecule has 0 aliphatic heterocycles. The van der Waals surface area contributed by atoms with Crippen LogP contribution in [-0.2, 0) is 28.5 Å². The second kappa shape index (κ2) is 27.1. The molecular formula is C36H73ClN8O12. The molecule has 20 nitrogen and oxygen atoms in total. The average Bonchev–Trinajstić information content (AvgIpc) is 2.98. The van der Waals surface area contributed by atoms with Crippen LogP contribution in [0.25, 0.3) is 0 Å². The van der Waals surface area contributed by atoms with Gasteiger partial charge in [0.25, 0.3) is 0 Å². The molecule has 0 fully saturated rings. The average molecular weight is 845 g/mol. The van der Waals surface area contributed by atoms with E-state index in [2.05, 4.69) is 32.3 Å². The van der Waals surface area contributed by atoms with Crippen LogP contribution in [0.3, 0.4) is 0 Å². The Labute approximate surface area is 344 Å². The number of carbonyl (C=O) groups is 4. The van der Waals surface area contributed by atoms with Gasteiger partial charge in [-0.05, 0) is 111 Å². The molecule has 0 aliphatic carbocycles. The number of esters is 2. The van der Waals surface area contributed by atoms with E-state index in [1.807, 2.05) is 47.6 Å². The number of aliphatic hydroxyl groups is 2. The molecule has 336 valence electrons. The number of amides is 4. The summed E-state index contributed by atoms with van der Waals surface area (Å²) in [5.74, 6) is 1.94. The molecule has 57 heavy (non-hydrogen) atoms. The van der Waals surface area contributed by atoms with Crippen molar-refractivity contribution in [3.63, 3.8) is 0 Å². The smallest absolute Gasteiger partial charge is 0.331 e. The second-order valence-electron chi connectivity index (χ2n) is 17.1. The fourth-order valence-electron chi connectivity index (χ4n) is 4.55. The van der Waals surface area contributed by atoms with Crippen LogP contribution in [0, 0.1) is 11.3 Å². The maximum absolute atomic E-state index is 12.6. The number of carbonyl (C=O) groups excluding carboxylic acids is 4. The van der Waals surface area contributed by atoms with Gasteiger partial charge in [0.2, 0.25) is 0 Å². The largest absolute Gasteiger partial charge is 0.458 e. The van der Waals surface area contributed by atoms with Crippen LogP contribution in [0.1, 0.15) is 124 Å². The number of ether oxygens (including phenoxy) is 4. The van der Waals surface area contributed by atoms with Gasteiger partial charge in [-0.25, -0.2) is 25.1 Å². The Morgan fingerprint density at radius 2 is 0.982 bits per heavy atom. The van der Waals surface area contributed by atoms with Gasteiger partial charge in [0.1, 0.15) is 17.2 Å². The molecule has 21 heteroatoms. The lowest BCUT2D eigenvalue weighted by molar-refractivity contribution is -0.165. The molecule has 0 radical (unpaired) electrons. The second-order valence-corrected chi connectivity index (χ2v) is 17.1. The molecule has 0 saturated carbocycles. The highest BCUT2D eigenvalue weighted by atomic mass is 35.5. The van der Waals surface area contributed by atoms with Crippen molar-refractivity contribution in [3.05, 3.63) is 0 Å². The van der Waals surface area contributed by atoms with E-state index in [1.54, 1.807) is 55.4 Å². The molecule has 0 spiro atoms. The van der Waals surface area contributed by atoms with E-state index >= 15 is 0 Å². The topological polar surface area (TPSA) is 322 Å². The molecule has 4 unspecified atom stereocenters. The Morgan fingerprint density at radius 1 is 0.649 bits per heavy atom. The third-order valence-corrected chi connectivity index (χ3v) is 6.30. The predicted molar refractivity (Wildman–Crippen MR) is 216 cm³/mol. The van der Waals surface area contributed by atoms with Crippen molar-refractivity contribution in [3.8, 4) is 6.07 Å². The molecule has 0 aromatic rings. The molecule has 12 N–H and O–H groups in total. The van der Waals surface area contributed by atoms with Crippen LogP contribution >= 0.6 is 12.4 Å². The number of nitriles is 1. The molecule has 0 aliphatic rings. The lowest BCUT2D eigenvalue weighted by Gasteiger charge is -2.32. The Balaban J connectivity index is -0.000000465. The van der Waals surface area contributed by atoms with Crippen molar-refractivity contribution >= 4 is 42.2 Å². The van der Waals surface area contributed by atoms with Gasteiger partial charge in [-0.15, -0.1) is 12.4 Å². The monoisotopic (exact) mass is 845 g/mol. The summed E-state index contributed by atoms with van der Waals surface area (Å²) in [6.07, 6.45) is -2.81. The number of oxime groups is 1. The summed E-state index contributed by atoms with van der Waals surface area (Å²) < 4.78 is 22.3. The zero-order valence-electron chi connectivity index (χ0n) is 36.5. The van der Waals surface area contributed by atoms with E-state index in [0.717, 1.165) is 0 Å². The van der Waals surface area contributed by atoms with E-state index in [9.17, 15) is 29.4 Å². The molecule has 0 rings (SSSR count). The number of nitrogens with one attached hydrogen (secondary N) is 4. The first-order chi connectivity index (χ1) is 25.2. The summed E-state index contributed by atoms with van der Waals surface area (Å²) in [5.41, 5.74) is 3.00. The lowest BCUT2D eigenvalue weighted by atomic mass is 10.1. The van der Waals surface area contributed by atoms with Crippen molar-refractivity contribution < 1.29 is 58.8 Å². The fourth-order valence-corrected chi connectivity index (χ4v) is 4.55. The van der Waals surface area contributed by atoms with E-state index in [0.29, 0.717) is 0 Å². The van der Waals surface area contributed by atoms with Gasteiger partial charge in [-0.2, -0.15) is 5.26 Å². The Kier molecular flexibility index (Phi) is 28.5. The van der Waals surface area contributed by atoms with Crippen LogP contribution in [0.5, 0.6) is 0 Å². The third kappa shape index (κ3) is 32.0. The van der Waals surface area contributed by atoms with Gasteiger partial charge in [-0.1, -0.05) is 5.16 Å². The SMILES string of the molecule is CC(O)C[C@@H](C#N)NC(=O)N[C@H](C(=O)OC(C)(C)C)C(C)OC(C)(C)C.CC(O)C[C@H](NC(=O)N[C@H](C(=O)OC(C)(C)C)C(C)OC(C)(C)C)/C(N)=N/O.Cl.NO. The minimum atomic E-state index is -1.10. The Hall–Kier alpha value is -3.71. The molecule has 0 bridgehead atoms. The minimum absolute atomic E-state index is 0. The number of rotatable bonds is 15. The van der Waals surface area contributed by atoms with Crippen LogP contribution < -0.4 is 32.9 Å². The molecule has 4 amide bonds. The normalized spacial score (nSPS) is 16.2. The van der Waals surface area contributed by atoms with Gasteiger partial charge in [0.05, 0.1) is 47.7 Å². The number of aliphatic hydroxyl groups excluding tert-OH is 2. The number of halogens is 1. The number of hydrogen-bond acceptors (Lipinski definition) is 15. The first kappa shape index (κ1) is 60.0. The summed E-state index contributed by atoms with van der Waals surface area (Å²) in [7, 11) is 0. The van der Waals surface area contributed by atoms with Gasteiger partial charge in [0, 0.05) is 12.8 Å². The molecule has 0 aromatic heterocycles. The number of urea groups is 2. The molecule has 8 atom stereocenters. The molecule has 0 heterocycles. The summed E-state index contributed by atoms with van der Waals surface area (Å²) in [4.78, 5) is 49.8. The number of nitrogens with two attached hydrogens (primary N) is 2. The molecule has 0 aromatic carbocycles. The fraction of sp³-hybridized carbons (Fsp3) is 0.833. The van der Waals surface area contributed by atoms with Crippen LogP contribution in [0.15, 0.2) is 5.16 Å². The zero-order valence-corrected chi connectivity index (χ0v) is 37.4. The van der Waals surface area contributed by atoms with Crippen LogP contribution in [0.4, 0.5) is 9.59 Å². The zero-order chi connectivity index (χ0) is 45.0. The number of hydrogen-bond donors (Lipinski definition) is 10. The summed E-state index contributed by atoms with van der Waals surface area (Å²) >= 11 is 0. The Bertz CT molecular complexity index is 1270. The first-order valence-electron chi connectivity index (χ1n) is 18.1. The summed E-state index contributed by atoms with van der Waals surface area (Å²) in [6, 6.07) is -3.53. The van der Waals surface area contributed by atoms with Gasteiger partial charge in [-0.3, -0.25) is 0 Å². The van der Waals surface area contributed by atoms with Crippen molar-refractivity contribution in [2.24, 2.45) is 16.8 Å². The lowest BCUT2D eigenvalue weighted by Crippen LogP contribution is -2.57. The highest BCUT2D eigenvalue weighted by Crippen LogP contribution is 2.18. The maximum Gasteiger partial charge on any atom is 0.331 e. The van der Waals surface area contributed by atoms with Gasteiger partial charge >= 0.3 is 24.0 Å². The van der Waals surface area contributed by atoms with Crippen molar-refractivity contribution in [2.75, 3.05) is 0 Å².